The predicted molar refractivity (Wildman–Crippen MR) is 74.9 cm³/mol. The first-order chi connectivity index (χ1) is 9.19. The summed E-state index contributed by atoms with van der Waals surface area (Å²) in [6.45, 7) is 2.42. The minimum atomic E-state index is 0.130. The van der Waals surface area contributed by atoms with E-state index >= 15 is 0 Å². The third-order valence-corrected chi connectivity index (χ3v) is 3.55. The van der Waals surface area contributed by atoms with Crippen molar-refractivity contribution in [1.82, 2.24) is 10.3 Å². The topological polar surface area (TPSA) is 54.1 Å². The second-order valence-electron chi connectivity index (χ2n) is 5.17. The number of nitrogens with one attached hydrogen (secondary N) is 2. The van der Waals surface area contributed by atoms with Crippen LogP contribution < -0.4 is 10.1 Å². The number of hydrogen-bond acceptors (Lipinski definition) is 3. The maximum absolute atomic E-state index is 12.2. The predicted octanol–water partition coefficient (Wildman–Crippen LogP) is 2.42. The molecular weight excluding hydrogens is 240 g/mol. The molecule has 4 heteroatoms. The van der Waals surface area contributed by atoms with Gasteiger partial charge in [0.2, 0.25) is 0 Å². The zero-order valence-corrected chi connectivity index (χ0v) is 11.2. The first-order valence-electron chi connectivity index (χ1n) is 6.61. The molecule has 0 amide bonds. The summed E-state index contributed by atoms with van der Waals surface area (Å²) < 4.78 is 5.35. The molecule has 1 aromatic carbocycles. The fourth-order valence-electron chi connectivity index (χ4n) is 2.35. The molecule has 0 saturated heterocycles. The number of aromatic amines is 1. The lowest BCUT2D eigenvalue weighted by Crippen LogP contribution is -2.24. The van der Waals surface area contributed by atoms with E-state index in [4.69, 9.17) is 4.74 Å². The van der Waals surface area contributed by atoms with Crippen molar-refractivity contribution in [3.05, 3.63) is 29.5 Å². The van der Waals surface area contributed by atoms with Crippen LogP contribution in [0, 0.1) is 6.92 Å². The van der Waals surface area contributed by atoms with Gasteiger partial charge in [0.1, 0.15) is 5.75 Å². The van der Waals surface area contributed by atoms with Gasteiger partial charge in [0.05, 0.1) is 19.2 Å². The third kappa shape index (κ3) is 2.36. The maximum atomic E-state index is 12.2. The van der Waals surface area contributed by atoms with Gasteiger partial charge in [-0.15, -0.1) is 0 Å². The van der Waals surface area contributed by atoms with E-state index in [1.165, 1.54) is 12.8 Å². The van der Waals surface area contributed by atoms with Crippen molar-refractivity contribution in [3.8, 4) is 5.75 Å². The lowest BCUT2D eigenvalue weighted by atomic mass is 10.1. The van der Waals surface area contributed by atoms with Gasteiger partial charge in [0, 0.05) is 23.2 Å². The van der Waals surface area contributed by atoms with Gasteiger partial charge >= 0.3 is 0 Å². The molecule has 0 bridgehead atoms. The van der Waals surface area contributed by atoms with Crippen molar-refractivity contribution >= 4 is 16.7 Å². The van der Waals surface area contributed by atoms with Crippen LogP contribution in [-0.2, 0) is 0 Å². The van der Waals surface area contributed by atoms with Gasteiger partial charge in [-0.05, 0) is 37.5 Å². The molecule has 0 radical (unpaired) electrons. The van der Waals surface area contributed by atoms with Crippen LogP contribution in [-0.4, -0.2) is 30.5 Å². The van der Waals surface area contributed by atoms with Crippen molar-refractivity contribution < 1.29 is 9.53 Å². The Morgan fingerprint density at radius 1 is 1.47 bits per heavy atom. The Bertz CT molecular complexity index is 626. The largest absolute Gasteiger partial charge is 0.495 e. The fourth-order valence-corrected chi connectivity index (χ4v) is 2.35. The van der Waals surface area contributed by atoms with Gasteiger partial charge in [-0.3, -0.25) is 4.79 Å². The summed E-state index contributed by atoms with van der Waals surface area (Å²) in [6.07, 6.45) is 4.16. The van der Waals surface area contributed by atoms with E-state index in [1.54, 1.807) is 13.3 Å². The van der Waals surface area contributed by atoms with Gasteiger partial charge in [-0.1, -0.05) is 0 Å². The lowest BCUT2D eigenvalue weighted by Gasteiger charge is -2.05. The smallest absolute Gasteiger partial charge is 0.178 e. The molecule has 1 saturated carbocycles. The molecule has 0 aliphatic heterocycles. The first kappa shape index (κ1) is 12.2. The van der Waals surface area contributed by atoms with Gasteiger partial charge in [-0.2, -0.15) is 0 Å². The number of ether oxygens (including phenoxy) is 1. The Labute approximate surface area is 112 Å². The summed E-state index contributed by atoms with van der Waals surface area (Å²) in [5.41, 5.74) is 2.72. The zero-order valence-electron chi connectivity index (χ0n) is 11.2. The molecule has 1 aliphatic carbocycles. The second kappa shape index (κ2) is 4.70. The summed E-state index contributed by atoms with van der Waals surface area (Å²) in [7, 11) is 1.64. The maximum Gasteiger partial charge on any atom is 0.178 e. The molecule has 2 aromatic rings. The SMILES string of the molecule is COc1cc(C)cc2c(C(=O)CNC3CC3)c[nH]c12. The summed E-state index contributed by atoms with van der Waals surface area (Å²) in [5.74, 6) is 0.912. The number of rotatable bonds is 5. The molecule has 0 spiro atoms. The zero-order chi connectivity index (χ0) is 13.4. The fraction of sp³-hybridized carbons (Fsp3) is 0.400. The number of carbonyl (C=O) groups excluding carboxylic acids is 1. The van der Waals surface area contributed by atoms with Crippen LogP contribution in [0.3, 0.4) is 0 Å². The molecule has 1 aromatic heterocycles. The Balaban J connectivity index is 1.94. The van der Waals surface area contributed by atoms with Crippen LogP contribution in [0.4, 0.5) is 0 Å². The molecule has 4 nitrogen and oxygen atoms in total. The molecule has 1 fully saturated rings. The molecular formula is C15H18N2O2. The van der Waals surface area contributed by atoms with E-state index in [2.05, 4.69) is 10.3 Å². The van der Waals surface area contributed by atoms with Gasteiger partial charge in [0.15, 0.2) is 5.78 Å². The molecule has 0 unspecified atom stereocenters. The second-order valence-corrected chi connectivity index (χ2v) is 5.17. The van der Waals surface area contributed by atoms with E-state index in [0.717, 1.165) is 27.8 Å². The molecule has 1 aliphatic rings. The first-order valence-corrected chi connectivity index (χ1v) is 6.61. The number of aryl methyl sites for hydroxylation is 1. The van der Waals surface area contributed by atoms with Gasteiger partial charge in [-0.25, -0.2) is 0 Å². The van der Waals surface area contributed by atoms with Crippen LogP contribution in [0.25, 0.3) is 10.9 Å². The van der Waals surface area contributed by atoms with E-state index in [0.29, 0.717) is 12.6 Å². The highest BCUT2D eigenvalue weighted by Crippen LogP contribution is 2.29. The van der Waals surface area contributed by atoms with Crippen LogP contribution in [0.1, 0.15) is 28.8 Å². The Hall–Kier alpha value is -1.81. The van der Waals surface area contributed by atoms with E-state index < -0.39 is 0 Å². The van der Waals surface area contributed by atoms with Gasteiger partial charge < -0.3 is 15.0 Å². The number of methoxy groups -OCH3 is 1. The summed E-state index contributed by atoms with van der Waals surface area (Å²) >= 11 is 0. The normalized spacial score (nSPS) is 14.8. The van der Waals surface area contributed by atoms with Gasteiger partial charge in [0.25, 0.3) is 0 Å². The Kier molecular flexibility index (Phi) is 3.03. The number of ketones is 1. The van der Waals surface area contributed by atoms with Crippen LogP contribution in [0.2, 0.25) is 0 Å². The summed E-state index contributed by atoms with van der Waals surface area (Å²) in [5, 5.41) is 4.20. The Morgan fingerprint density at radius 2 is 2.26 bits per heavy atom. The molecule has 3 rings (SSSR count). The highest BCUT2D eigenvalue weighted by molar-refractivity contribution is 6.10. The van der Waals surface area contributed by atoms with Crippen molar-refractivity contribution in [3.63, 3.8) is 0 Å². The van der Waals surface area contributed by atoms with E-state index in [1.807, 2.05) is 19.1 Å². The highest BCUT2D eigenvalue weighted by Gasteiger charge is 2.22. The average Bonchev–Trinajstić information content (AvgIpc) is 3.13. The average molecular weight is 258 g/mol. The molecule has 100 valence electrons. The minimum Gasteiger partial charge on any atom is -0.495 e. The summed E-state index contributed by atoms with van der Waals surface area (Å²) in [4.78, 5) is 15.4. The van der Waals surface area contributed by atoms with Crippen LogP contribution in [0.5, 0.6) is 5.75 Å². The number of fused-ring (bicyclic) bond motifs is 1. The van der Waals surface area contributed by atoms with Crippen LogP contribution >= 0.6 is 0 Å². The van der Waals surface area contributed by atoms with Crippen molar-refractivity contribution in [1.29, 1.82) is 0 Å². The Morgan fingerprint density at radius 3 is 2.95 bits per heavy atom. The monoisotopic (exact) mass is 258 g/mol. The number of hydrogen-bond donors (Lipinski definition) is 2. The minimum absolute atomic E-state index is 0.130. The van der Waals surface area contributed by atoms with Crippen molar-refractivity contribution in [2.24, 2.45) is 0 Å². The molecule has 0 atom stereocenters. The number of aromatic nitrogens is 1. The number of carbonyl (C=O) groups is 1. The number of Topliss-reactive ketones (excluding diaryl/α,β-unsaturated/α-hetero) is 1. The van der Waals surface area contributed by atoms with Crippen molar-refractivity contribution in [2.45, 2.75) is 25.8 Å². The lowest BCUT2D eigenvalue weighted by molar-refractivity contribution is 0.0992. The summed E-state index contributed by atoms with van der Waals surface area (Å²) in [6, 6.07) is 4.54. The standard InChI is InChI=1S/C15H18N2O2/c1-9-5-11-12(13(18)8-16-10-3-4-10)7-17-15(11)14(6-9)19-2/h5-7,10,16-17H,3-4,8H2,1-2H3. The van der Waals surface area contributed by atoms with E-state index in [-0.39, 0.29) is 5.78 Å². The molecule has 1 heterocycles. The quantitative estimate of drug-likeness (QED) is 0.810. The molecule has 19 heavy (non-hydrogen) atoms. The highest BCUT2D eigenvalue weighted by atomic mass is 16.5. The van der Waals surface area contributed by atoms with Crippen molar-refractivity contribution in [2.75, 3.05) is 13.7 Å². The number of benzene rings is 1. The van der Waals surface area contributed by atoms with E-state index in [9.17, 15) is 4.79 Å². The third-order valence-electron chi connectivity index (χ3n) is 3.55. The molecule has 2 N–H and O–H groups in total. The number of H-pyrrole nitrogens is 1. The van der Waals surface area contributed by atoms with Crippen LogP contribution in [0.15, 0.2) is 18.3 Å².